The molecule has 2 heterocycles. The van der Waals surface area contributed by atoms with E-state index in [1.54, 1.807) is 6.20 Å². The van der Waals surface area contributed by atoms with Gasteiger partial charge in [0.2, 0.25) is 5.95 Å². The van der Waals surface area contributed by atoms with Gasteiger partial charge in [-0.2, -0.15) is 4.98 Å². The summed E-state index contributed by atoms with van der Waals surface area (Å²) in [5, 5.41) is 0. The third-order valence-corrected chi connectivity index (χ3v) is 3.24. The second-order valence-electron chi connectivity index (χ2n) is 4.39. The number of ether oxygens (including phenoxy) is 1. The summed E-state index contributed by atoms with van der Waals surface area (Å²) in [7, 11) is 2.03. The Morgan fingerprint density at radius 3 is 2.94 bits per heavy atom. The van der Waals surface area contributed by atoms with Gasteiger partial charge in [0.15, 0.2) is 0 Å². The molecule has 0 bridgehead atoms. The smallest absolute Gasteiger partial charge is 0.239 e. The van der Waals surface area contributed by atoms with Crippen LogP contribution in [0.1, 0.15) is 18.9 Å². The van der Waals surface area contributed by atoms with E-state index < -0.39 is 0 Å². The second kappa shape index (κ2) is 4.85. The SMILES string of the molecule is Cc1cnc(NN)nc1N(C)C1CCOC1C. The van der Waals surface area contributed by atoms with Gasteiger partial charge >= 0.3 is 0 Å². The van der Waals surface area contributed by atoms with Gasteiger partial charge in [-0.25, -0.2) is 10.8 Å². The Bertz CT molecular complexity index is 397. The Labute approximate surface area is 101 Å². The fourth-order valence-corrected chi connectivity index (χ4v) is 2.25. The molecule has 0 spiro atoms. The summed E-state index contributed by atoms with van der Waals surface area (Å²) in [6, 6.07) is 0.356. The molecule has 3 N–H and O–H groups in total. The van der Waals surface area contributed by atoms with Gasteiger partial charge < -0.3 is 9.64 Å². The maximum atomic E-state index is 5.58. The molecule has 2 unspecified atom stereocenters. The van der Waals surface area contributed by atoms with Gasteiger partial charge in [-0.1, -0.05) is 0 Å². The van der Waals surface area contributed by atoms with Crippen molar-refractivity contribution in [1.29, 1.82) is 0 Å². The summed E-state index contributed by atoms with van der Waals surface area (Å²) in [5.74, 6) is 6.66. The van der Waals surface area contributed by atoms with Crippen LogP contribution in [0.15, 0.2) is 6.20 Å². The van der Waals surface area contributed by atoms with Crippen LogP contribution in [0, 0.1) is 6.92 Å². The maximum absolute atomic E-state index is 5.58. The first-order valence-corrected chi connectivity index (χ1v) is 5.78. The molecule has 1 aliphatic rings. The minimum absolute atomic E-state index is 0.226. The lowest BCUT2D eigenvalue weighted by molar-refractivity contribution is 0.118. The zero-order valence-electron chi connectivity index (χ0n) is 10.5. The van der Waals surface area contributed by atoms with Crippen molar-refractivity contribution >= 4 is 11.8 Å². The van der Waals surface area contributed by atoms with Crippen LogP contribution in [-0.4, -0.2) is 35.8 Å². The van der Waals surface area contributed by atoms with Crippen LogP contribution in [0.4, 0.5) is 11.8 Å². The molecule has 6 nitrogen and oxygen atoms in total. The molecule has 1 aromatic heterocycles. The van der Waals surface area contributed by atoms with Gasteiger partial charge in [-0.05, 0) is 20.3 Å². The normalized spacial score (nSPS) is 23.8. The Morgan fingerprint density at radius 2 is 2.35 bits per heavy atom. The lowest BCUT2D eigenvalue weighted by Crippen LogP contribution is -2.37. The Balaban J connectivity index is 2.26. The van der Waals surface area contributed by atoms with E-state index in [1.807, 2.05) is 14.0 Å². The molecule has 94 valence electrons. The van der Waals surface area contributed by atoms with E-state index in [2.05, 4.69) is 27.2 Å². The number of anilines is 2. The van der Waals surface area contributed by atoms with Crippen LogP contribution >= 0.6 is 0 Å². The van der Waals surface area contributed by atoms with E-state index in [9.17, 15) is 0 Å². The number of aromatic nitrogens is 2. The number of likely N-dealkylation sites (N-methyl/N-ethyl adjacent to an activating group) is 1. The van der Waals surface area contributed by atoms with E-state index in [0.29, 0.717) is 12.0 Å². The third kappa shape index (κ3) is 2.32. The molecule has 6 heteroatoms. The average molecular weight is 237 g/mol. The molecule has 1 aromatic rings. The molecule has 0 radical (unpaired) electrons. The molecule has 2 atom stereocenters. The van der Waals surface area contributed by atoms with Crippen molar-refractivity contribution in [2.75, 3.05) is 24.0 Å². The molecule has 1 fully saturated rings. The monoisotopic (exact) mass is 237 g/mol. The number of nitrogens with zero attached hydrogens (tertiary/aromatic N) is 3. The highest BCUT2D eigenvalue weighted by molar-refractivity contribution is 5.49. The van der Waals surface area contributed by atoms with Crippen molar-refractivity contribution in [3.63, 3.8) is 0 Å². The summed E-state index contributed by atoms with van der Waals surface area (Å²) >= 11 is 0. The van der Waals surface area contributed by atoms with Gasteiger partial charge in [0, 0.05) is 25.4 Å². The molecule has 1 aliphatic heterocycles. The van der Waals surface area contributed by atoms with E-state index in [0.717, 1.165) is 24.4 Å². The topological polar surface area (TPSA) is 76.3 Å². The van der Waals surface area contributed by atoms with Crippen molar-refractivity contribution < 1.29 is 4.74 Å². The fourth-order valence-electron chi connectivity index (χ4n) is 2.25. The largest absolute Gasteiger partial charge is 0.376 e. The molecule has 1 saturated heterocycles. The van der Waals surface area contributed by atoms with Gasteiger partial charge in [-0.15, -0.1) is 0 Å². The predicted octanol–water partition coefficient (Wildman–Crippen LogP) is 0.684. The van der Waals surface area contributed by atoms with E-state index >= 15 is 0 Å². The minimum Gasteiger partial charge on any atom is -0.376 e. The van der Waals surface area contributed by atoms with Crippen LogP contribution in [0.5, 0.6) is 0 Å². The van der Waals surface area contributed by atoms with Crippen molar-refractivity contribution in [3.8, 4) is 0 Å². The number of hydrogen-bond donors (Lipinski definition) is 2. The first-order valence-electron chi connectivity index (χ1n) is 5.78. The van der Waals surface area contributed by atoms with Crippen LogP contribution in [0.25, 0.3) is 0 Å². The lowest BCUT2D eigenvalue weighted by Gasteiger charge is -2.28. The van der Waals surface area contributed by atoms with E-state index in [4.69, 9.17) is 10.6 Å². The Hall–Kier alpha value is -1.40. The first-order chi connectivity index (χ1) is 8.13. The van der Waals surface area contributed by atoms with Gasteiger partial charge in [-0.3, -0.25) is 5.43 Å². The standard InChI is InChI=1S/C11H19N5O/c1-7-6-13-11(15-12)14-10(7)16(3)9-4-5-17-8(9)2/h6,8-9H,4-5,12H2,1-3H3,(H,13,14,15). The Morgan fingerprint density at radius 1 is 1.59 bits per heavy atom. The van der Waals surface area contributed by atoms with Gasteiger partial charge in [0.05, 0.1) is 12.1 Å². The first kappa shape index (κ1) is 12.1. The van der Waals surface area contributed by atoms with Crippen LogP contribution in [0.2, 0.25) is 0 Å². The third-order valence-electron chi connectivity index (χ3n) is 3.24. The van der Waals surface area contributed by atoms with Gasteiger partial charge in [0.1, 0.15) is 5.82 Å². The maximum Gasteiger partial charge on any atom is 0.239 e. The molecule has 0 saturated carbocycles. The summed E-state index contributed by atoms with van der Waals surface area (Å²) in [6.07, 6.45) is 3.02. The van der Waals surface area contributed by atoms with Gasteiger partial charge in [0.25, 0.3) is 0 Å². The highest BCUT2D eigenvalue weighted by atomic mass is 16.5. The average Bonchev–Trinajstić information content (AvgIpc) is 2.75. The zero-order valence-corrected chi connectivity index (χ0v) is 10.5. The number of nitrogens with one attached hydrogen (secondary N) is 1. The Kier molecular flexibility index (Phi) is 3.44. The van der Waals surface area contributed by atoms with Crippen molar-refractivity contribution in [2.24, 2.45) is 5.84 Å². The van der Waals surface area contributed by atoms with E-state index in [-0.39, 0.29) is 6.10 Å². The molecule has 0 aliphatic carbocycles. The second-order valence-corrected chi connectivity index (χ2v) is 4.39. The predicted molar refractivity (Wildman–Crippen MR) is 66.8 cm³/mol. The lowest BCUT2D eigenvalue weighted by atomic mass is 10.1. The number of hydrazine groups is 1. The van der Waals surface area contributed by atoms with Crippen molar-refractivity contribution in [3.05, 3.63) is 11.8 Å². The number of rotatable bonds is 3. The number of hydrogen-bond acceptors (Lipinski definition) is 6. The highest BCUT2D eigenvalue weighted by Crippen LogP contribution is 2.25. The fraction of sp³-hybridized carbons (Fsp3) is 0.636. The van der Waals surface area contributed by atoms with Crippen LogP contribution in [0.3, 0.4) is 0 Å². The number of nitrogens with two attached hydrogens (primary N) is 1. The van der Waals surface area contributed by atoms with E-state index in [1.165, 1.54) is 0 Å². The minimum atomic E-state index is 0.226. The molecule has 17 heavy (non-hydrogen) atoms. The molecular formula is C11H19N5O. The number of aryl methyl sites for hydroxylation is 1. The van der Waals surface area contributed by atoms with Crippen molar-refractivity contribution in [2.45, 2.75) is 32.4 Å². The summed E-state index contributed by atoms with van der Waals surface area (Å²) in [4.78, 5) is 10.6. The molecule has 0 amide bonds. The van der Waals surface area contributed by atoms with Crippen LogP contribution in [-0.2, 0) is 4.74 Å². The van der Waals surface area contributed by atoms with Crippen molar-refractivity contribution in [1.82, 2.24) is 9.97 Å². The summed E-state index contributed by atoms with van der Waals surface area (Å²) in [5.41, 5.74) is 3.50. The number of nitrogen functional groups attached to an aromatic ring is 1. The zero-order chi connectivity index (χ0) is 12.4. The molecule has 0 aromatic carbocycles. The van der Waals surface area contributed by atoms with Crippen LogP contribution < -0.4 is 16.2 Å². The summed E-state index contributed by atoms with van der Waals surface area (Å²) < 4.78 is 5.58. The highest BCUT2D eigenvalue weighted by Gasteiger charge is 2.29. The molecule has 2 rings (SSSR count). The molecular weight excluding hydrogens is 218 g/mol. The quantitative estimate of drug-likeness (QED) is 0.595. The summed E-state index contributed by atoms with van der Waals surface area (Å²) in [6.45, 7) is 4.89.